The molecule has 0 amide bonds. The first kappa shape index (κ1) is 39.6. The van der Waals surface area contributed by atoms with Crippen LogP contribution in [0.15, 0.2) is 176 Å². The average molecular weight is 957 g/mol. The van der Waals surface area contributed by atoms with E-state index in [1.165, 1.54) is 5.56 Å². The van der Waals surface area contributed by atoms with E-state index in [2.05, 4.69) is 192 Å². The van der Waals surface area contributed by atoms with Crippen LogP contribution in [0.3, 0.4) is 0 Å². The molecule has 3 aromatic heterocycles. The maximum atomic E-state index is 8.99. The Hall–Kier alpha value is -8.02. The fourth-order valence-corrected chi connectivity index (χ4v) is 10.8. The zero-order chi connectivity index (χ0) is 55.7. The molecule has 5 heteroatoms. The monoisotopic (exact) mass is 957 g/mol. The van der Waals surface area contributed by atoms with Crippen LogP contribution in [0.2, 0.25) is 0 Å². The summed E-state index contributed by atoms with van der Waals surface area (Å²) in [5.74, 6) is 2.08. The van der Waals surface area contributed by atoms with Crippen molar-refractivity contribution in [3.05, 3.63) is 210 Å². The van der Waals surface area contributed by atoms with Gasteiger partial charge in [-0.2, -0.15) is 0 Å². The summed E-state index contributed by atoms with van der Waals surface area (Å²) in [6, 6.07) is 57.1. The second kappa shape index (κ2) is 16.8. The number of nitrogens with zero attached hydrogens (tertiary/aromatic N) is 4. The number of ether oxygens (including phenoxy) is 1. The lowest BCUT2D eigenvalue weighted by Gasteiger charge is -2.27. The Balaban J connectivity index is 1.15. The molecule has 11 aromatic rings. The predicted octanol–water partition coefficient (Wildman–Crippen LogP) is 17.5. The van der Waals surface area contributed by atoms with E-state index in [0.29, 0.717) is 22.7 Å². The summed E-state index contributed by atoms with van der Waals surface area (Å²) >= 11 is 0. The van der Waals surface area contributed by atoms with Gasteiger partial charge in [0.2, 0.25) is 0 Å². The molecule has 0 saturated heterocycles. The van der Waals surface area contributed by atoms with Crippen LogP contribution in [-0.2, 0) is 16.2 Å². The van der Waals surface area contributed by atoms with Gasteiger partial charge >= 0.3 is 0 Å². The Labute approximate surface area is 438 Å². The van der Waals surface area contributed by atoms with Gasteiger partial charge in [-0.25, -0.2) is 4.98 Å². The highest BCUT2D eigenvalue weighted by molar-refractivity contribution is 6.09. The Morgan fingerprint density at radius 2 is 1.05 bits per heavy atom. The number of aromatic nitrogens is 4. The van der Waals surface area contributed by atoms with Crippen LogP contribution < -0.4 is 9.30 Å². The maximum absolute atomic E-state index is 8.99. The van der Waals surface area contributed by atoms with Crippen molar-refractivity contribution in [1.29, 1.82) is 0 Å². The van der Waals surface area contributed by atoms with Crippen LogP contribution in [0.5, 0.6) is 11.5 Å². The molecular weight excluding hydrogens is 889 g/mol. The number of fused-ring (bicyclic) bond motifs is 10. The number of hydrogen-bond donors (Lipinski definition) is 0. The topological polar surface area (TPSA) is 35.9 Å². The number of hydrogen-bond acceptors (Lipinski definition) is 2. The van der Waals surface area contributed by atoms with Crippen molar-refractivity contribution in [2.24, 2.45) is 0 Å². The van der Waals surface area contributed by atoms with Gasteiger partial charge in [0.25, 0.3) is 6.33 Å². The minimum absolute atomic E-state index is 0.0384. The Kier molecular flexibility index (Phi) is 9.10. The van der Waals surface area contributed by atoms with E-state index in [9.17, 15) is 0 Å². The van der Waals surface area contributed by atoms with Gasteiger partial charge < -0.3 is 4.74 Å². The van der Waals surface area contributed by atoms with E-state index in [-0.39, 0.29) is 27.5 Å². The quantitative estimate of drug-likeness (QED) is 0.127. The van der Waals surface area contributed by atoms with E-state index in [0.717, 1.165) is 88.9 Å². The van der Waals surface area contributed by atoms with E-state index < -0.39 is 19.1 Å². The molecule has 0 saturated carbocycles. The zero-order valence-electron chi connectivity index (χ0n) is 48.9. The normalized spacial score (nSPS) is 14.2. The van der Waals surface area contributed by atoms with E-state index in [1.807, 2.05) is 48.7 Å². The number of rotatable bonds is 5. The van der Waals surface area contributed by atoms with Gasteiger partial charge in [-0.3, -0.25) is 13.7 Å². The fraction of sp³-hybridized carbons (Fsp3) is 0.206. The minimum Gasteiger partial charge on any atom is -0.458 e. The van der Waals surface area contributed by atoms with Gasteiger partial charge in [-0.15, -0.1) is 0 Å². The lowest BCUT2D eigenvalue weighted by Crippen LogP contribution is -2.32. The Morgan fingerprint density at radius 3 is 1.74 bits per heavy atom. The van der Waals surface area contributed by atoms with Crippen LogP contribution in [0, 0.1) is 20.0 Å². The lowest BCUT2D eigenvalue weighted by atomic mass is 9.80. The van der Waals surface area contributed by atoms with Crippen molar-refractivity contribution in [2.45, 2.75) is 92.3 Å². The molecular formula is C68H62N4O. The molecule has 8 aromatic carbocycles. The Bertz CT molecular complexity index is 4240. The molecule has 0 fully saturated rings. The van der Waals surface area contributed by atoms with Crippen LogP contribution in [-0.4, -0.2) is 14.1 Å². The van der Waals surface area contributed by atoms with Gasteiger partial charge in [-0.1, -0.05) is 172 Å². The maximum Gasteiger partial charge on any atom is 0.269 e. The third-order valence-corrected chi connectivity index (χ3v) is 14.7. The third kappa shape index (κ3) is 7.76. The van der Waals surface area contributed by atoms with Gasteiger partial charge in [0.05, 0.1) is 33.4 Å². The summed E-state index contributed by atoms with van der Waals surface area (Å²) in [6.07, 6.45) is 5.77. The third-order valence-electron chi connectivity index (χ3n) is 14.7. The minimum atomic E-state index is -2.67. The number of benzene rings is 8. The highest BCUT2D eigenvalue weighted by Gasteiger charge is 2.31. The molecule has 12 rings (SSSR count). The molecule has 0 spiro atoms. The van der Waals surface area contributed by atoms with Gasteiger partial charge in [-0.05, 0) is 157 Å². The first-order valence-corrected chi connectivity index (χ1v) is 25.2. The second-order valence-corrected chi connectivity index (χ2v) is 22.7. The molecule has 0 N–H and O–H groups in total. The van der Waals surface area contributed by atoms with E-state index in [4.69, 9.17) is 17.9 Å². The molecule has 5 nitrogen and oxygen atoms in total. The predicted molar refractivity (Wildman–Crippen MR) is 303 cm³/mol. The molecule has 4 heterocycles. The summed E-state index contributed by atoms with van der Waals surface area (Å²) in [4.78, 5) is 4.91. The second-order valence-electron chi connectivity index (χ2n) is 22.7. The molecule has 0 atom stereocenters. The van der Waals surface area contributed by atoms with Crippen molar-refractivity contribution in [1.82, 2.24) is 14.1 Å². The zero-order valence-corrected chi connectivity index (χ0v) is 42.9. The summed E-state index contributed by atoms with van der Waals surface area (Å²) in [6.45, 7) is 14.3. The smallest absolute Gasteiger partial charge is 0.269 e. The molecule has 0 bridgehead atoms. The summed E-state index contributed by atoms with van der Waals surface area (Å²) < 4.78 is 67.2. The van der Waals surface area contributed by atoms with Crippen molar-refractivity contribution in [3.8, 4) is 73.2 Å². The number of aryl methyl sites for hydroxylation is 2. The highest BCUT2D eigenvalue weighted by Crippen LogP contribution is 2.48. The SMILES string of the molecule is [2H]C([2H])([2H])c1cccc(C([2H])([2H])[2H])c1-c1cc(C(C)(C)C)cc2c1-[n+]1[c-]n(-c3cccc(Oc4ccc5c6ccccc6n(-c6cc(C(C)(C)C)ccn6)c5c4)c3)c3cc(C(C)(C)C)cc(c31)-c1ccccc1-c1ccccc1-2. The van der Waals surface area contributed by atoms with Crippen molar-refractivity contribution < 1.29 is 17.5 Å². The number of imidazole rings is 1. The van der Waals surface area contributed by atoms with Gasteiger partial charge in [0.1, 0.15) is 17.3 Å². The molecule has 0 radical (unpaired) electrons. The summed E-state index contributed by atoms with van der Waals surface area (Å²) in [7, 11) is 0. The van der Waals surface area contributed by atoms with Crippen LogP contribution in [0.25, 0.3) is 94.5 Å². The van der Waals surface area contributed by atoms with Crippen molar-refractivity contribution in [2.75, 3.05) is 0 Å². The largest absolute Gasteiger partial charge is 0.458 e. The molecule has 360 valence electrons. The average Bonchev–Trinajstić information content (AvgIpc) is 4.20. The molecule has 1 aliphatic rings. The van der Waals surface area contributed by atoms with E-state index in [1.54, 1.807) is 18.2 Å². The van der Waals surface area contributed by atoms with Crippen LogP contribution in [0.1, 0.15) is 98.4 Å². The summed E-state index contributed by atoms with van der Waals surface area (Å²) in [5, 5.41) is 2.20. The molecule has 0 unspecified atom stereocenters. The van der Waals surface area contributed by atoms with Gasteiger partial charge in [0, 0.05) is 31.3 Å². The van der Waals surface area contributed by atoms with Crippen LogP contribution in [0.4, 0.5) is 0 Å². The fourth-order valence-electron chi connectivity index (χ4n) is 10.8. The first-order chi connectivity index (χ1) is 37.3. The van der Waals surface area contributed by atoms with Crippen LogP contribution >= 0.6 is 0 Å². The first-order valence-electron chi connectivity index (χ1n) is 28.2. The number of pyridine rings is 1. The lowest BCUT2D eigenvalue weighted by molar-refractivity contribution is -0.570. The number of para-hydroxylation sites is 1. The highest BCUT2D eigenvalue weighted by atomic mass is 16.5. The van der Waals surface area contributed by atoms with Crippen molar-refractivity contribution in [3.63, 3.8) is 0 Å². The standard InChI is InChI=1S/C68H62N4O/c1-42-20-18-21-43(2)63(42)58-36-45(67(6,7)8)34-56-52-26-14-12-24-50(52)51-25-13-15-27-53(51)57-35-46(68(9,10)11)37-61-65(57)71(64(56)58)41-70(61)47-22-19-23-48(39-47)73-49-30-31-55-54-28-16-17-29-59(54)72(60(55)40-49)62-38-44(32-33-69-62)66(3,4)5/h12-40H,1-11H3/i1D3,2D3. The summed E-state index contributed by atoms with van der Waals surface area (Å²) in [5.41, 5.74) is 13.7. The van der Waals surface area contributed by atoms with Gasteiger partial charge in [0.15, 0.2) is 0 Å². The Morgan fingerprint density at radius 1 is 0.479 bits per heavy atom. The molecule has 1 aliphatic heterocycles. The van der Waals surface area contributed by atoms with Crippen molar-refractivity contribution >= 4 is 32.8 Å². The van der Waals surface area contributed by atoms with E-state index >= 15 is 0 Å². The molecule has 73 heavy (non-hydrogen) atoms. The molecule has 0 aliphatic carbocycles.